The van der Waals surface area contributed by atoms with Gasteiger partial charge in [-0.25, -0.2) is 0 Å². The van der Waals surface area contributed by atoms with E-state index in [0.29, 0.717) is 6.04 Å². The molecule has 0 radical (unpaired) electrons. The summed E-state index contributed by atoms with van der Waals surface area (Å²) in [6, 6.07) is 4.36. The zero-order valence-corrected chi connectivity index (χ0v) is 9.88. The van der Waals surface area contributed by atoms with Gasteiger partial charge in [0.1, 0.15) is 0 Å². The molecule has 2 heterocycles. The topological polar surface area (TPSA) is 53.4 Å². The number of carbonyl (C=O) groups is 1. The molecule has 2 rings (SSSR count). The summed E-state index contributed by atoms with van der Waals surface area (Å²) in [6.45, 7) is 1.02. The molecular weight excluding hydrogens is 216 g/mol. The number of pyridine rings is 1. The van der Waals surface area contributed by atoms with Gasteiger partial charge >= 0.3 is 5.97 Å². The van der Waals surface area contributed by atoms with Crippen molar-refractivity contribution in [3.63, 3.8) is 0 Å². The molecule has 1 aromatic heterocycles. The molecule has 1 saturated heterocycles. The number of aliphatic carboxylic acids is 1. The van der Waals surface area contributed by atoms with E-state index in [9.17, 15) is 4.79 Å². The lowest BCUT2D eigenvalue weighted by atomic mass is 9.97. The van der Waals surface area contributed by atoms with Crippen molar-refractivity contribution in [2.75, 3.05) is 11.4 Å². The molecule has 0 aromatic carbocycles. The molecule has 1 aliphatic heterocycles. The fourth-order valence-corrected chi connectivity index (χ4v) is 2.47. The number of anilines is 1. The fourth-order valence-electron chi connectivity index (χ4n) is 2.47. The predicted molar refractivity (Wildman–Crippen MR) is 66.1 cm³/mol. The molecule has 1 unspecified atom stereocenters. The van der Waals surface area contributed by atoms with Gasteiger partial charge in [-0.3, -0.25) is 9.78 Å². The summed E-state index contributed by atoms with van der Waals surface area (Å²) in [5.41, 5.74) is 1.16. The van der Waals surface area contributed by atoms with Crippen molar-refractivity contribution in [3.8, 4) is 0 Å². The minimum Gasteiger partial charge on any atom is -0.481 e. The Labute approximate surface area is 101 Å². The maximum Gasteiger partial charge on any atom is 0.303 e. The number of nitrogens with zero attached hydrogens (tertiary/aromatic N) is 2. The van der Waals surface area contributed by atoms with E-state index in [0.717, 1.165) is 25.1 Å². The van der Waals surface area contributed by atoms with Gasteiger partial charge in [0.25, 0.3) is 0 Å². The number of hydrogen-bond acceptors (Lipinski definition) is 3. The Morgan fingerprint density at radius 1 is 1.41 bits per heavy atom. The minimum atomic E-state index is -0.703. The summed E-state index contributed by atoms with van der Waals surface area (Å²) in [5.74, 6) is -0.703. The third-order valence-electron chi connectivity index (χ3n) is 3.31. The SMILES string of the molecule is O=C(O)CCC1CCCCN1c1ccncc1. The predicted octanol–water partition coefficient (Wildman–Crippen LogP) is 2.31. The largest absolute Gasteiger partial charge is 0.481 e. The number of rotatable bonds is 4. The van der Waals surface area contributed by atoms with Crippen molar-refractivity contribution in [2.24, 2.45) is 0 Å². The van der Waals surface area contributed by atoms with Crippen molar-refractivity contribution < 1.29 is 9.90 Å². The van der Waals surface area contributed by atoms with E-state index in [-0.39, 0.29) is 6.42 Å². The van der Waals surface area contributed by atoms with Crippen molar-refractivity contribution >= 4 is 11.7 Å². The first kappa shape index (κ1) is 11.9. The molecule has 1 N–H and O–H groups in total. The third kappa shape index (κ3) is 3.19. The number of carboxylic acid groups (broad SMARTS) is 1. The van der Waals surface area contributed by atoms with Gasteiger partial charge in [-0.2, -0.15) is 0 Å². The average molecular weight is 234 g/mol. The molecule has 4 heteroatoms. The van der Waals surface area contributed by atoms with Crippen molar-refractivity contribution in [1.29, 1.82) is 0 Å². The second-order valence-corrected chi connectivity index (χ2v) is 4.48. The van der Waals surface area contributed by atoms with E-state index in [1.807, 2.05) is 12.1 Å². The van der Waals surface area contributed by atoms with Crippen LogP contribution in [0.3, 0.4) is 0 Å². The summed E-state index contributed by atoms with van der Waals surface area (Å²) < 4.78 is 0. The van der Waals surface area contributed by atoms with Gasteiger partial charge in [0.15, 0.2) is 0 Å². The van der Waals surface area contributed by atoms with Crippen molar-refractivity contribution in [1.82, 2.24) is 4.98 Å². The molecule has 0 amide bonds. The molecule has 1 aromatic rings. The Morgan fingerprint density at radius 3 is 2.88 bits per heavy atom. The number of piperidine rings is 1. The Bertz CT molecular complexity index is 367. The van der Waals surface area contributed by atoms with Gasteiger partial charge < -0.3 is 10.0 Å². The highest BCUT2D eigenvalue weighted by Gasteiger charge is 2.22. The molecule has 1 atom stereocenters. The van der Waals surface area contributed by atoms with Gasteiger partial charge in [-0.05, 0) is 37.8 Å². The Balaban J connectivity index is 2.04. The van der Waals surface area contributed by atoms with Gasteiger partial charge in [-0.15, -0.1) is 0 Å². The van der Waals surface area contributed by atoms with E-state index in [1.54, 1.807) is 12.4 Å². The summed E-state index contributed by atoms with van der Waals surface area (Å²) in [5, 5.41) is 8.77. The van der Waals surface area contributed by atoms with Crippen LogP contribution in [0.4, 0.5) is 5.69 Å². The highest BCUT2D eigenvalue weighted by molar-refractivity contribution is 5.66. The Morgan fingerprint density at radius 2 is 2.18 bits per heavy atom. The summed E-state index contributed by atoms with van der Waals surface area (Å²) in [4.78, 5) is 17.0. The number of carboxylic acids is 1. The zero-order chi connectivity index (χ0) is 12.1. The van der Waals surface area contributed by atoms with E-state index >= 15 is 0 Å². The first-order valence-corrected chi connectivity index (χ1v) is 6.16. The van der Waals surface area contributed by atoms with E-state index in [4.69, 9.17) is 5.11 Å². The molecular formula is C13H18N2O2. The van der Waals surface area contributed by atoms with Crippen LogP contribution in [-0.4, -0.2) is 28.6 Å². The van der Waals surface area contributed by atoms with E-state index in [2.05, 4.69) is 9.88 Å². The van der Waals surface area contributed by atoms with Crippen LogP contribution in [0.1, 0.15) is 32.1 Å². The maximum atomic E-state index is 10.7. The number of aromatic nitrogens is 1. The van der Waals surface area contributed by atoms with Crippen LogP contribution in [-0.2, 0) is 4.79 Å². The van der Waals surface area contributed by atoms with Crippen LogP contribution in [0, 0.1) is 0 Å². The van der Waals surface area contributed by atoms with E-state index in [1.165, 1.54) is 12.8 Å². The minimum absolute atomic E-state index is 0.256. The molecule has 0 saturated carbocycles. The Hall–Kier alpha value is -1.58. The van der Waals surface area contributed by atoms with Crippen molar-refractivity contribution in [3.05, 3.63) is 24.5 Å². The first-order chi connectivity index (χ1) is 8.27. The van der Waals surface area contributed by atoms with E-state index < -0.39 is 5.97 Å². The molecule has 92 valence electrons. The average Bonchev–Trinajstić information content (AvgIpc) is 2.38. The first-order valence-electron chi connectivity index (χ1n) is 6.16. The molecule has 0 spiro atoms. The van der Waals surface area contributed by atoms with Gasteiger partial charge in [0.05, 0.1) is 0 Å². The molecule has 17 heavy (non-hydrogen) atoms. The molecule has 1 aliphatic rings. The van der Waals surface area contributed by atoms with Gasteiger partial charge in [0.2, 0.25) is 0 Å². The monoisotopic (exact) mass is 234 g/mol. The van der Waals surface area contributed by atoms with Crippen LogP contribution in [0.25, 0.3) is 0 Å². The molecule has 1 fully saturated rings. The van der Waals surface area contributed by atoms with Crippen molar-refractivity contribution in [2.45, 2.75) is 38.1 Å². The van der Waals surface area contributed by atoms with Crippen LogP contribution in [0.5, 0.6) is 0 Å². The smallest absolute Gasteiger partial charge is 0.303 e. The molecule has 0 aliphatic carbocycles. The van der Waals surface area contributed by atoms with Gasteiger partial charge in [-0.1, -0.05) is 0 Å². The molecule has 4 nitrogen and oxygen atoms in total. The lowest BCUT2D eigenvalue weighted by Crippen LogP contribution is -2.39. The van der Waals surface area contributed by atoms with Crippen LogP contribution >= 0.6 is 0 Å². The van der Waals surface area contributed by atoms with Crippen LogP contribution in [0.15, 0.2) is 24.5 Å². The normalized spacial score (nSPS) is 20.2. The van der Waals surface area contributed by atoms with Crippen LogP contribution < -0.4 is 4.90 Å². The second-order valence-electron chi connectivity index (χ2n) is 4.48. The second kappa shape index (κ2) is 5.66. The Kier molecular flexibility index (Phi) is 3.96. The fraction of sp³-hybridized carbons (Fsp3) is 0.538. The lowest BCUT2D eigenvalue weighted by molar-refractivity contribution is -0.137. The number of hydrogen-bond donors (Lipinski definition) is 1. The zero-order valence-electron chi connectivity index (χ0n) is 9.88. The van der Waals surface area contributed by atoms with Gasteiger partial charge in [0, 0.05) is 37.1 Å². The summed E-state index contributed by atoms with van der Waals surface area (Å²) in [7, 11) is 0. The quantitative estimate of drug-likeness (QED) is 0.868. The lowest BCUT2D eigenvalue weighted by Gasteiger charge is -2.37. The highest BCUT2D eigenvalue weighted by Crippen LogP contribution is 2.26. The molecule has 0 bridgehead atoms. The highest BCUT2D eigenvalue weighted by atomic mass is 16.4. The summed E-state index contributed by atoms with van der Waals surface area (Å²) in [6.07, 6.45) is 8.05. The standard InChI is InChI=1S/C13H18N2O2/c16-13(17)5-4-11-3-1-2-10-15(11)12-6-8-14-9-7-12/h6-9,11H,1-5,10H2,(H,16,17). The van der Waals surface area contributed by atoms with Crippen LogP contribution in [0.2, 0.25) is 0 Å². The summed E-state index contributed by atoms with van der Waals surface area (Å²) >= 11 is 0. The third-order valence-corrected chi connectivity index (χ3v) is 3.31. The maximum absolute atomic E-state index is 10.7.